The Morgan fingerprint density at radius 1 is 1.27 bits per heavy atom. The van der Waals surface area contributed by atoms with E-state index in [0.29, 0.717) is 5.56 Å². The first-order valence-corrected chi connectivity index (χ1v) is 9.35. The zero-order chi connectivity index (χ0) is 19.9. The summed E-state index contributed by atoms with van der Waals surface area (Å²) in [4.78, 5) is 13.2. The van der Waals surface area contributed by atoms with Crippen LogP contribution in [0.2, 0.25) is 0 Å². The topological polar surface area (TPSA) is 57.7 Å². The van der Waals surface area contributed by atoms with Crippen molar-refractivity contribution >= 4 is 15.9 Å². The molecule has 26 heavy (non-hydrogen) atoms. The monoisotopic (exact) mass is 396 g/mol. The normalized spacial score (nSPS) is 21.5. The molecule has 146 valence electrons. The van der Waals surface area contributed by atoms with E-state index in [2.05, 4.69) is 0 Å². The molecule has 2 atom stereocenters. The fourth-order valence-electron chi connectivity index (χ4n) is 2.98. The number of alkyl halides is 3. The first kappa shape index (κ1) is 20.6. The smallest absolute Gasteiger partial charge is 0.340 e. The molecule has 0 spiro atoms. The molecule has 0 radical (unpaired) electrons. The molecule has 5 nitrogen and oxygen atoms in total. The number of carbonyl (C=O) groups excluding carboxylic acids is 1. The standard InChI is InChI=1S/C16H20F4N2O3S/c1-10-4-5-13(17)11(6-10)7-15(23)22-8-12(16(18,19)20)14(9-22)26(24,25)21(2)3/h4-6,12,14H,7-9H2,1-3H3/t12-,14-/m1/s1. The highest BCUT2D eigenvalue weighted by molar-refractivity contribution is 7.89. The SMILES string of the molecule is Cc1ccc(F)c(CC(=O)N2C[C@@H](C(F)(F)F)[C@H](S(=O)(=O)N(C)C)C2)c1. The van der Waals surface area contributed by atoms with Crippen LogP contribution in [-0.4, -0.2) is 62.1 Å². The number of benzene rings is 1. The van der Waals surface area contributed by atoms with Crippen LogP contribution in [-0.2, 0) is 21.2 Å². The van der Waals surface area contributed by atoms with Gasteiger partial charge in [-0.25, -0.2) is 17.1 Å². The Bertz CT molecular complexity index is 793. The van der Waals surface area contributed by atoms with E-state index in [1.165, 1.54) is 18.2 Å². The Balaban J connectivity index is 2.26. The molecule has 1 aliphatic rings. The lowest BCUT2D eigenvalue weighted by molar-refractivity contribution is -0.170. The van der Waals surface area contributed by atoms with Gasteiger partial charge in [0.1, 0.15) is 11.1 Å². The van der Waals surface area contributed by atoms with Gasteiger partial charge in [-0.1, -0.05) is 17.7 Å². The van der Waals surface area contributed by atoms with Crippen molar-refractivity contribution in [3.05, 3.63) is 35.1 Å². The van der Waals surface area contributed by atoms with Gasteiger partial charge >= 0.3 is 6.18 Å². The lowest BCUT2D eigenvalue weighted by Crippen LogP contribution is -2.43. The van der Waals surface area contributed by atoms with Crippen molar-refractivity contribution in [1.82, 2.24) is 9.21 Å². The lowest BCUT2D eigenvalue weighted by atomic mass is 10.1. The number of aryl methyl sites for hydroxylation is 1. The summed E-state index contributed by atoms with van der Waals surface area (Å²) in [6.45, 7) is 0.368. The van der Waals surface area contributed by atoms with E-state index in [0.717, 1.165) is 23.3 Å². The van der Waals surface area contributed by atoms with Crippen molar-refractivity contribution < 1.29 is 30.8 Å². The van der Waals surface area contributed by atoms with Gasteiger partial charge < -0.3 is 4.90 Å². The van der Waals surface area contributed by atoms with Crippen LogP contribution in [0, 0.1) is 18.7 Å². The van der Waals surface area contributed by atoms with Gasteiger partial charge in [-0.2, -0.15) is 13.2 Å². The second kappa shape index (κ2) is 7.15. The first-order valence-electron chi connectivity index (χ1n) is 7.85. The average molecular weight is 396 g/mol. The summed E-state index contributed by atoms with van der Waals surface area (Å²) >= 11 is 0. The molecule has 0 saturated carbocycles. The van der Waals surface area contributed by atoms with Crippen molar-refractivity contribution in [3.8, 4) is 0 Å². The van der Waals surface area contributed by atoms with Gasteiger partial charge in [0.2, 0.25) is 15.9 Å². The van der Waals surface area contributed by atoms with Crippen LogP contribution in [0.5, 0.6) is 0 Å². The molecule has 1 aliphatic heterocycles. The molecule has 1 saturated heterocycles. The third kappa shape index (κ3) is 4.17. The summed E-state index contributed by atoms with van der Waals surface area (Å²) in [5, 5.41) is -1.77. The van der Waals surface area contributed by atoms with E-state index < -0.39 is 58.6 Å². The highest BCUT2D eigenvalue weighted by Gasteiger charge is 2.55. The Morgan fingerprint density at radius 3 is 2.42 bits per heavy atom. The summed E-state index contributed by atoms with van der Waals surface area (Å²) in [5.41, 5.74) is 0.773. The van der Waals surface area contributed by atoms with E-state index >= 15 is 0 Å². The predicted molar refractivity (Wildman–Crippen MR) is 87.4 cm³/mol. The van der Waals surface area contributed by atoms with Crippen LogP contribution in [0.1, 0.15) is 11.1 Å². The zero-order valence-electron chi connectivity index (χ0n) is 14.5. The summed E-state index contributed by atoms with van der Waals surface area (Å²) < 4.78 is 78.9. The third-order valence-corrected chi connectivity index (χ3v) is 6.73. The summed E-state index contributed by atoms with van der Waals surface area (Å²) in [6, 6.07) is 4.14. The number of nitrogens with zero attached hydrogens (tertiary/aromatic N) is 2. The molecule has 1 fully saturated rings. The molecular formula is C16H20F4N2O3S. The number of halogens is 4. The van der Waals surface area contributed by atoms with Crippen LogP contribution in [0.4, 0.5) is 17.6 Å². The molecule has 1 aromatic carbocycles. The summed E-state index contributed by atoms with van der Waals surface area (Å²) in [5.74, 6) is -3.55. The average Bonchev–Trinajstić information content (AvgIpc) is 2.97. The number of likely N-dealkylation sites (tertiary alicyclic amines) is 1. The van der Waals surface area contributed by atoms with Gasteiger partial charge in [-0.3, -0.25) is 4.79 Å². The van der Waals surface area contributed by atoms with Gasteiger partial charge in [-0.05, 0) is 18.6 Å². The van der Waals surface area contributed by atoms with Gasteiger partial charge in [0.05, 0.1) is 12.3 Å². The molecular weight excluding hydrogens is 376 g/mol. The molecule has 0 N–H and O–H groups in total. The lowest BCUT2D eigenvalue weighted by Gasteiger charge is -2.23. The van der Waals surface area contributed by atoms with Crippen LogP contribution >= 0.6 is 0 Å². The van der Waals surface area contributed by atoms with Gasteiger partial charge in [0.15, 0.2) is 0 Å². The van der Waals surface area contributed by atoms with E-state index in [-0.39, 0.29) is 5.56 Å². The maximum Gasteiger partial charge on any atom is 0.394 e. The first-order chi connectivity index (χ1) is 11.8. The van der Waals surface area contributed by atoms with E-state index in [9.17, 15) is 30.8 Å². The summed E-state index contributed by atoms with van der Waals surface area (Å²) in [6.07, 6.45) is -5.19. The second-order valence-electron chi connectivity index (χ2n) is 6.58. The van der Waals surface area contributed by atoms with Crippen molar-refractivity contribution in [2.75, 3.05) is 27.2 Å². The van der Waals surface area contributed by atoms with E-state index in [1.54, 1.807) is 6.92 Å². The Kier molecular flexibility index (Phi) is 5.67. The maximum absolute atomic E-state index is 13.8. The van der Waals surface area contributed by atoms with Crippen molar-refractivity contribution in [3.63, 3.8) is 0 Å². The van der Waals surface area contributed by atoms with Crippen LogP contribution < -0.4 is 0 Å². The van der Waals surface area contributed by atoms with Gasteiger partial charge in [-0.15, -0.1) is 0 Å². The number of hydrogen-bond acceptors (Lipinski definition) is 3. The minimum Gasteiger partial charge on any atom is -0.340 e. The van der Waals surface area contributed by atoms with Gasteiger partial charge in [0.25, 0.3) is 0 Å². The highest BCUT2D eigenvalue weighted by atomic mass is 32.2. The van der Waals surface area contributed by atoms with Crippen LogP contribution in [0.3, 0.4) is 0 Å². The van der Waals surface area contributed by atoms with Crippen LogP contribution in [0.25, 0.3) is 0 Å². The molecule has 1 amide bonds. The second-order valence-corrected chi connectivity index (χ2v) is 8.95. The van der Waals surface area contributed by atoms with Crippen molar-refractivity contribution in [1.29, 1.82) is 0 Å². The molecule has 1 aromatic rings. The van der Waals surface area contributed by atoms with Gasteiger partial charge in [0, 0.05) is 27.2 Å². The maximum atomic E-state index is 13.8. The molecule has 2 rings (SSSR count). The van der Waals surface area contributed by atoms with Crippen LogP contribution in [0.15, 0.2) is 18.2 Å². The number of sulfonamides is 1. The third-order valence-electron chi connectivity index (χ3n) is 4.47. The molecule has 0 aromatic heterocycles. The molecule has 0 bridgehead atoms. The fourth-order valence-corrected chi connectivity index (χ4v) is 4.54. The Morgan fingerprint density at radius 2 is 1.88 bits per heavy atom. The number of hydrogen-bond donors (Lipinski definition) is 0. The fraction of sp³-hybridized carbons (Fsp3) is 0.562. The minimum atomic E-state index is -4.77. The number of rotatable bonds is 4. The molecule has 1 heterocycles. The van der Waals surface area contributed by atoms with E-state index in [4.69, 9.17) is 0 Å². The largest absolute Gasteiger partial charge is 0.394 e. The van der Waals surface area contributed by atoms with Crippen molar-refractivity contribution in [2.24, 2.45) is 5.92 Å². The van der Waals surface area contributed by atoms with Crippen molar-refractivity contribution in [2.45, 2.75) is 24.8 Å². The zero-order valence-corrected chi connectivity index (χ0v) is 15.4. The number of amides is 1. The quantitative estimate of drug-likeness (QED) is 0.731. The predicted octanol–water partition coefficient (Wildman–Crippen LogP) is 1.96. The molecule has 0 unspecified atom stereocenters. The Hall–Kier alpha value is -1.68. The Labute approximate surface area is 149 Å². The highest BCUT2D eigenvalue weighted by Crippen LogP contribution is 2.38. The summed E-state index contributed by atoms with van der Waals surface area (Å²) in [7, 11) is -1.92. The molecule has 0 aliphatic carbocycles. The minimum absolute atomic E-state index is 0.0671. The number of carbonyl (C=O) groups is 1. The molecule has 10 heteroatoms. The van der Waals surface area contributed by atoms with E-state index in [1.807, 2.05) is 0 Å².